The summed E-state index contributed by atoms with van der Waals surface area (Å²) < 4.78 is 0. The Bertz CT molecular complexity index is 536. The molecule has 0 saturated carbocycles. The van der Waals surface area contributed by atoms with Crippen LogP contribution in [0.5, 0.6) is 0 Å². The summed E-state index contributed by atoms with van der Waals surface area (Å²) in [5.74, 6) is 0.399. The van der Waals surface area contributed by atoms with E-state index in [4.69, 9.17) is 5.73 Å². The van der Waals surface area contributed by atoms with E-state index in [1.165, 1.54) is 0 Å². The molecule has 2 rings (SSSR count). The Morgan fingerprint density at radius 3 is 2.95 bits per heavy atom. The van der Waals surface area contributed by atoms with Crippen molar-refractivity contribution in [2.24, 2.45) is 21.0 Å². The third kappa shape index (κ3) is 3.31. The van der Waals surface area contributed by atoms with Gasteiger partial charge in [-0.3, -0.25) is 4.99 Å². The molecule has 0 bridgehead atoms. The van der Waals surface area contributed by atoms with Crippen molar-refractivity contribution in [3.8, 4) is 0 Å². The highest BCUT2D eigenvalue weighted by atomic mass is 16.8. The molecule has 6 nitrogen and oxygen atoms in total. The van der Waals surface area contributed by atoms with Crippen molar-refractivity contribution in [3.63, 3.8) is 0 Å². The molecule has 100 valence electrons. The smallest absolute Gasteiger partial charge is 0.148 e. The highest BCUT2D eigenvalue weighted by Crippen LogP contribution is 2.26. The Labute approximate surface area is 112 Å². The number of nitrogens with zero attached hydrogens (tertiary/aromatic N) is 4. The molecule has 0 spiro atoms. The number of rotatable bonds is 4. The first-order valence-electron chi connectivity index (χ1n) is 6.10. The van der Waals surface area contributed by atoms with Gasteiger partial charge in [-0.2, -0.15) is 0 Å². The topological polar surface area (TPSA) is 75.6 Å². The maximum absolute atomic E-state index is 5.57. The number of aliphatic imine (C=N–C) groups is 1. The zero-order valence-corrected chi connectivity index (χ0v) is 11.1. The van der Waals surface area contributed by atoms with Crippen molar-refractivity contribution in [1.29, 1.82) is 0 Å². The molecule has 19 heavy (non-hydrogen) atoms. The molecule has 0 radical (unpaired) electrons. The van der Waals surface area contributed by atoms with Crippen LogP contribution >= 0.6 is 0 Å². The number of hydrogen-bond acceptors (Lipinski definition) is 6. The average Bonchev–Trinajstić information content (AvgIpc) is 2.45. The predicted octanol–water partition coefficient (Wildman–Crippen LogP) is 1.89. The van der Waals surface area contributed by atoms with Gasteiger partial charge in [-0.15, -0.1) is 0 Å². The Balaban J connectivity index is 2.17. The van der Waals surface area contributed by atoms with Gasteiger partial charge in [0.2, 0.25) is 0 Å². The van der Waals surface area contributed by atoms with E-state index in [0.29, 0.717) is 18.0 Å². The van der Waals surface area contributed by atoms with Gasteiger partial charge in [0.25, 0.3) is 0 Å². The molecule has 0 saturated heterocycles. The Morgan fingerprint density at radius 1 is 1.42 bits per heavy atom. The van der Waals surface area contributed by atoms with E-state index in [1.807, 2.05) is 31.3 Å². The minimum atomic E-state index is 0.399. The standard InChI is InChI=1S/C13H17N5O/c1-3-18(2)12-7-5-4-6-11(12)15-9-10-8-13(14)17-19-16-10/h4-7,9H,3,8H2,1-2H3,(H2,14,17). The SMILES string of the molecule is CCN(C)c1ccccc1N=CC1=NON=C(N)C1. The number of hydrogen-bond donors (Lipinski definition) is 1. The van der Waals surface area contributed by atoms with Crippen molar-refractivity contribution in [2.75, 3.05) is 18.5 Å². The fourth-order valence-corrected chi connectivity index (χ4v) is 1.66. The van der Waals surface area contributed by atoms with Crippen LogP contribution in [0.1, 0.15) is 13.3 Å². The molecule has 1 aromatic rings. The maximum Gasteiger partial charge on any atom is 0.148 e. The summed E-state index contributed by atoms with van der Waals surface area (Å²) in [7, 11) is 2.03. The molecule has 1 heterocycles. The van der Waals surface area contributed by atoms with Crippen molar-refractivity contribution in [1.82, 2.24) is 0 Å². The third-order valence-electron chi connectivity index (χ3n) is 2.80. The summed E-state index contributed by atoms with van der Waals surface area (Å²) in [5, 5.41) is 7.31. The highest BCUT2D eigenvalue weighted by molar-refractivity contribution is 6.35. The number of amidine groups is 1. The van der Waals surface area contributed by atoms with E-state index in [1.54, 1.807) is 6.21 Å². The molecule has 6 heteroatoms. The van der Waals surface area contributed by atoms with Crippen LogP contribution in [0.15, 0.2) is 39.6 Å². The predicted molar refractivity (Wildman–Crippen MR) is 78.3 cm³/mol. The van der Waals surface area contributed by atoms with Crippen LogP contribution in [0.4, 0.5) is 11.4 Å². The number of nitrogens with two attached hydrogens (primary N) is 1. The average molecular weight is 259 g/mol. The number of anilines is 1. The molecule has 1 aromatic carbocycles. The monoisotopic (exact) mass is 259 g/mol. The summed E-state index contributed by atoms with van der Waals surface area (Å²) in [6.45, 7) is 3.01. The minimum Gasteiger partial charge on any atom is -0.384 e. The van der Waals surface area contributed by atoms with Gasteiger partial charge in [0, 0.05) is 13.6 Å². The Hall–Kier alpha value is -2.37. The summed E-state index contributed by atoms with van der Waals surface area (Å²) >= 11 is 0. The molecule has 0 fully saturated rings. The molecule has 1 aliphatic heterocycles. The largest absolute Gasteiger partial charge is 0.384 e. The van der Waals surface area contributed by atoms with E-state index < -0.39 is 0 Å². The van der Waals surface area contributed by atoms with E-state index in [-0.39, 0.29) is 0 Å². The first-order chi connectivity index (χ1) is 9.20. The van der Waals surface area contributed by atoms with Crippen LogP contribution in [0.3, 0.4) is 0 Å². The first-order valence-corrected chi connectivity index (χ1v) is 6.10. The fraction of sp³-hybridized carbons (Fsp3) is 0.308. The van der Waals surface area contributed by atoms with Gasteiger partial charge in [0.15, 0.2) is 0 Å². The Morgan fingerprint density at radius 2 is 2.21 bits per heavy atom. The molecule has 0 unspecified atom stereocenters. The zero-order valence-electron chi connectivity index (χ0n) is 11.1. The molecule has 0 amide bonds. The lowest BCUT2D eigenvalue weighted by Gasteiger charge is -2.18. The van der Waals surface area contributed by atoms with Crippen LogP contribution in [0.25, 0.3) is 0 Å². The van der Waals surface area contributed by atoms with Gasteiger partial charge in [-0.1, -0.05) is 17.3 Å². The normalized spacial score (nSPS) is 14.8. The van der Waals surface area contributed by atoms with Gasteiger partial charge in [0.05, 0.1) is 24.0 Å². The molecule has 2 N–H and O–H groups in total. The molecule has 1 aliphatic rings. The first kappa shape index (κ1) is 13.1. The zero-order chi connectivity index (χ0) is 13.7. The molecule has 0 aromatic heterocycles. The van der Waals surface area contributed by atoms with Crippen LogP contribution in [-0.2, 0) is 4.94 Å². The van der Waals surface area contributed by atoms with Gasteiger partial charge in [0.1, 0.15) is 11.5 Å². The second kappa shape index (κ2) is 5.99. The summed E-state index contributed by atoms with van der Waals surface area (Å²) in [6.07, 6.45) is 2.11. The van der Waals surface area contributed by atoms with Crippen LogP contribution < -0.4 is 10.6 Å². The van der Waals surface area contributed by atoms with Crippen molar-refractivity contribution in [3.05, 3.63) is 24.3 Å². The van der Waals surface area contributed by atoms with Crippen molar-refractivity contribution >= 4 is 29.1 Å². The summed E-state index contributed by atoms with van der Waals surface area (Å²) in [6, 6.07) is 7.94. The van der Waals surface area contributed by atoms with E-state index >= 15 is 0 Å². The Kier molecular flexibility index (Phi) is 4.12. The van der Waals surface area contributed by atoms with Gasteiger partial charge >= 0.3 is 0 Å². The number of benzene rings is 1. The van der Waals surface area contributed by atoms with Crippen molar-refractivity contribution < 1.29 is 4.94 Å². The van der Waals surface area contributed by atoms with Gasteiger partial charge < -0.3 is 10.6 Å². The van der Waals surface area contributed by atoms with Gasteiger partial charge in [-0.25, -0.2) is 4.94 Å². The van der Waals surface area contributed by atoms with Crippen molar-refractivity contribution in [2.45, 2.75) is 13.3 Å². The lowest BCUT2D eigenvalue weighted by Crippen LogP contribution is -2.21. The van der Waals surface area contributed by atoms with Crippen LogP contribution in [-0.4, -0.2) is 31.4 Å². The van der Waals surface area contributed by atoms with E-state index in [0.717, 1.165) is 17.9 Å². The highest BCUT2D eigenvalue weighted by Gasteiger charge is 2.08. The second-order valence-electron chi connectivity index (χ2n) is 4.18. The number of para-hydroxylation sites is 2. The van der Waals surface area contributed by atoms with E-state index in [9.17, 15) is 0 Å². The van der Waals surface area contributed by atoms with Crippen LogP contribution in [0, 0.1) is 0 Å². The second-order valence-corrected chi connectivity index (χ2v) is 4.18. The molecule has 0 atom stereocenters. The summed E-state index contributed by atoms with van der Waals surface area (Å²) in [5.41, 5.74) is 8.18. The molecule has 0 aliphatic carbocycles. The third-order valence-corrected chi connectivity index (χ3v) is 2.80. The minimum absolute atomic E-state index is 0.399. The fourth-order valence-electron chi connectivity index (χ4n) is 1.66. The van der Waals surface area contributed by atoms with Crippen LogP contribution in [0.2, 0.25) is 0 Å². The lowest BCUT2D eigenvalue weighted by molar-refractivity contribution is 0.151. The number of oxime groups is 2. The lowest BCUT2D eigenvalue weighted by atomic mass is 10.2. The maximum atomic E-state index is 5.57. The molecular formula is C13H17N5O. The molecular weight excluding hydrogens is 242 g/mol. The van der Waals surface area contributed by atoms with E-state index in [2.05, 4.69) is 32.1 Å². The van der Waals surface area contributed by atoms with Gasteiger partial charge in [-0.05, 0) is 24.2 Å². The summed E-state index contributed by atoms with van der Waals surface area (Å²) in [4.78, 5) is 11.2. The quantitative estimate of drug-likeness (QED) is 0.839.